The number of nitriles is 1. The lowest BCUT2D eigenvalue weighted by atomic mass is 10.1. The van der Waals surface area contributed by atoms with Crippen LogP contribution in [0.1, 0.15) is 18.4 Å². The molecule has 1 fully saturated rings. The largest absolute Gasteiger partial charge is 0.496 e. The normalized spacial score (nSPS) is 16.3. The zero-order valence-electron chi connectivity index (χ0n) is 11.1. The van der Waals surface area contributed by atoms with E-state index in [0.717, 1.165) is 38.1 Å². The second-order valence-electron chi connectivity index (χ2n) is 5.19. The molecule has 0 heterocycles. The van der Waals surface area contributed by atoms with Crippen molar-refractivity contribution in [1.29, 1.82) is 5.26 Å². The van der Waals surface area contributed by atoms with E-state index >= 15 is 0 Å². The molecule has 1 aromatic rings. The number of ether oxygens (including phenoxy) is 1. The van der Waals surface area contributed by atoms with Crippen LogP contribution in [0, 0.1) is 16.7 Å². The molecule has 1 saturated carbocycles. The molecule has 0 radical (unpaired) electrons. The van der Waals surface area contributed by atoms with Crippen molar-refractivity contribution in [2.45, 2.75) is 19.3 Å². The molecular weight excluding hydrogens is 224 g/mol. The summed E-state index contributed by atoms with van der Waals surface area (Å²) in [7, 11) is 3.80. The number of rotatable bonds is 6. The van der Waals surface area contributed by atoms with E-state index in [9.17, 15) is 0 Å². The first-order chi connectivity index (χ1) is 8.69. The number of nitrogens with zero attached hydrogens (tertiary/aromatic N) is 2. The molecule has 0 atom stereocenters. The number of methoxy groups -OCH3 is 1. The fourth-order valence-corrected chi connectivity index (χ4v) is 2.27. The molecule has 3 nitrogen and oxygen atoms in total. The SMILES string of the molecule is COc1ccccc1CCN(C)CC1(C#N)CC1. The van der Waals surface area contributed by atoms with Gasteiger partial charge in [0.15, 0.2) is 0 Å². The lowest BCUT2D eigenvalue weighted by molar-refractivity contribution is 0.296. The Hall–Kier alpha value is -1.53. The van der Waals surface area contributed by atoms with E-state index in [1.807, 2.05) is 18.2 Å². The van der Waals surface area contributed by atoms with Gasteiger partial charge < -0.3 is 9.64 Å². The van der Waals surface area contributed by atoms with E-state index in [1.165, 1.54) is 5.56 Å². The highest BCUT2D eigenvalue weighted by molar-refractivity contribution is 5.33. The minimum Gasteiger partial charge on any atom is -0.496 e. The number of para-hydroxylation sites is 1. The van der Waals surface area contributed by atoms with Gasteiger partial charge in [0.1, 0.15) is 5.75 Å². The first kappa shape index (κ1) is 12.9. The molecule has 0 unspecified atom stereocenters. The monoisotopic (exact) mass is 244 g/mol. The van der Waals surface area contributed by atoms with Crippen molar-refractivity contribution in [1.82, 2.24) is 4.90 Å². The predicted molar refractivity (Wildman–Crippen MR) is 71.5 cm³/mol. The van der Waals surface area contributed by atoms with Gasteiger partial charge >= 0.3 is 0 Å². The minimum atomic E-state index is -0.0461. The van der Waals surface area contributed by atoms with Crippen molar-refractivity contribution in [3.8, 4) is 11.8 Å². The Morgan fingerprint density at radius 2 is 2.11 bits per heavy atom. The first-order valence-electron chi connectivity index (χ1n) is 6.41. The molecule has 0 spiro atoms. The third-order valence-electron chi connectivity index (χ3n) is 3.62. The van der Waals surface area contributed by atoms with Crippen LogP contribution in [0.4, 0.5) is 0 Å². The van der Waals surface area contributed by atoms with Gasteiger partial charge in [0.2, 0.25) is 0 Å². The molecule has 1 aliphatic carbocycles. The van der Waals surface area contributed by atoms with Gasteiger partial charge in [-0.1, -0.05) is 18.2 Å². The van der Waals surface area contributed by atoms with Gasteiger partial charge in [0, 0.05) is 13.1 Å². The quantitative estimate of drug-likeness (QED) is 0.771. The van der Waals surface area contributed by atoms with Crippen LogP contribution in [0.2, 0.25) is 0 Å². The Morgan fingerprint density at radius 1 is 1.39 bits per heavy atom. The topological polar surface area (TPSA) is 36.3 Å². The Labute approximate surface area is 109 Å². The fourth-order valence-electron chi connectivity index (χ4n) is 2.27. The zero-order valence-corrected chi connectivity index (χ0v) is 11.1. The average molecular weight is 244 g/mol. The Kier molecular flexibility index (Phi) is 3.88. The molecule has 0 saturated heterocycles. The Balaban J connectivity index is 1.86. The van der Waals surface area contributed by atoms with Crippen molar-refractivity contribution >= 4 is 0 Å². The van der Waals surface area contributed by atoms with E-state index in [2.05, 4.69) is 24.1 Å². The van der Waals surface area contributed by atoms with E-state index in [4.69, 9.17) is 10.00 Å². The molecule has 0 aliphatic heterocycles. The smallest absolute Gasteiger partial charge is 0.122 e. The Bertz CT molecular complexity index is 446. The Morgan fingerprint density at radius 3 is 2.72 bits per heavy atom. The molecule has 0 bridgehead atoms. The molecule has 0 N–H and O–H groups in total. The van der Waals surface area contributed by atoms with Crippen molar-refractivity contribution < 1.29 is 4.74 Å². The van der Waals surface area contributed by atoms with Crippen LogP contribution in [0.15, 0.2) is 24.3 Å². The molecule has 0 amide bonds. The van der Waals surface area contributed by atoms with Gasteiger partial charge in [0.05, 0.1) is 18.6 Å². The van der Waals surface area contributed by atoms with Crippen molar-refractivity contribution in [2.75, 3.05) is 27.2 Å². The molecule has 1 aliphatic rings. The second kappa shape index (κ2) is 5.41. The van der Waals surface area contributed by atoms with Crippen LogP contribution in [-0.4, -0.2) is 32.1 Å². The second-order valence-corrected chi connectivity index (χ2v) is 5.19. The summed E-state index contributed by atoms with van der Waals surface area (Å²) < 4.78 is 5.34. The highest BCUT2D eigenvalue weighted by atomic mass is 16.5. The van der Waals surface area contributed by atoms with Gasteiger partial charge in [-0.25, -0.2) is 0 Å². The van der Waals surface area contributed by atoms with Crippen molar-refractivity contribution in [3.05, 3.63) is 29.8 Å². The van der Waals surface area contributed by atoms with E-state index in [1.54, 1.807) is 7.11 Å². The highest BCUT2D eigenvalue weighted by Crippen LogP contribution is 2.45. The third-order valence-corrected chi connectivity index (χ3v) is 3.62. The molecular formula is C15H20N2O. The molecule has 18 heavy (non-hydrogen) atoms. The van der Waals surface area contributed by atoms with Crippen LogP contribution in [0.25, 0.3) is 0 Å². The van der Waals surface area contributed by atoms with Crippen molar-refractivity contribution in [2.24, 2.45) is 5.41 Å². The fraction of sp³-hybridized carbons (Fsp3) is 0.533. The average Bonchev–Trinajstić information content (AvgIpc) is 3.17. The molecule has 2 rings (SSSR count). The van der Waals surface area contributed by atoms with Gasteiger partial charge in [-0.15, -0.1) is 0 Å². The minimum absolute atomic E-state index is 0.0461. The van der Waals surface area contributed by atoms with Crippen LogP contribution < -0.4 is 4.74 Å². The summed E-state index contributed by atoms with van der Waals surface area (Å²) in [5, 5.41) is 9.08. The summed E-state index contributed by atoms with van der Waals surface area (Å²) in [5.74, 6) is 0.951. The molecule has 1 aromatic carbocycles. The van der Waals surface area contributed by atoms with Gasteiger partial charge in [-0.3, -0.25) is 0 Å². The maximum Gasteiger partial charge on any atom is 0.122 e. The maximum absolute atomic E-state index is 9.08. The van der Waals surface area contributed by atoms with E-state index in [0.29, 0.717) is 0 Å². The van der Waals surface area contributed by atoms with Crippen LogP contribution in [0.3, 0.4) is 0 Å². The lowest BCUT2D eigenvalue weighted by Gasteiger charge is -2.19. The van der Waals surface area contributed by atoms with Gasteiger partial charge in [-0.2, -0.15) is 5.26 Å². The van der Waals surface area contributed by atoms with Crippen molar-refractivity contribution in [3.63, 3.8) is 0 Å². The summed E-state index contributed by atoms with van der Waals surface area (Å²) in [4.78, 5) is 2.25. The molecule has 0 aromatic heterocycles. The summed E-state index contributed by atoms with van der Waals surface area (Å²) in [5.41, 5.74) is 1.18. The number of hydrogen-bond acceptors (Lipinski definition) is 3. The van der Waals surface area contributed by atoms with E-state index in [-0.39, 0.29) is 5.41 Å². The molecule has 96 valence electrons. The molecule has 3 heteroatoms. The number of likely N-dealkylation sites (N-methyl/N-ethyl adjacent to an activating group) is 1. The zero-order chi connectivity index (χ0) is 13.0. The number of hydrogen-bond donors (Lipinski definition) is 0. The standard InChI is InChI=1S/C15H20N2O/c1-17(12-15(11-16)8-9-15)10-7-13-5-3-4-6-14(13)18-2/h3-6H,7-10,12H2,1-2H3. The van der Waals surface area contributed by atoms with Gasteiger partial charge in [0.25, 0.3) is 0 Å². The summed E-state index contributed by atoms with van der Waals surface area (Å²) >= 11 is 0. The summed E-state index contributed by atoms with van der Waals surface area (Å²) in [6.45, 7) is 1.85. The lowest BCUT2D eigenvalue weighted by Crippen LogP contribution is -2.28. The van der Waals surface area contributed by atoms with Gasteiger partial charge in [-0.05, 0) is 37.9 Å². The maximum atomic E-state index is 9.08. The van der Waals surface area contributed by atoms with E-state index < -0.39 is 0 Å². The van der Waals surface area contributed by atoms with Crippen LogP contribution in [0.5, 0.6) is 5.75 Å². The number of benzene rings is 1. The van der Waals surface area contributed by atoms with Crippen LogP contribution >= 0.6 is 0 Å². The first-order valence-corrected chi connectivity index (χ1v) is 6.41. The predicted octanol–water partition coefficient (Wildman–Crippen LogP) is 2.47. The summed E-state index contributed by atoms with van der Waals surface area (Å²) in [6.07, 6.45) is 3.08. The third kappa shape index (κ3) is 3.02. The summed E-state index contributed by atoms with van der Waals surface area (Å²) in [6, 6.07) is 10.6. The van der Waals surface area contributed by atoms with Crippen LogP contribution in [-0.2, 0) is 6.42 Å². The highest BCUT2D eigenvalue weighted by Gasteiger charge is 2.43.